The van der Waals surface area contributed by atoms with Gasteiger partial charge in [-0.25, -0.2) is 0 Å². The average molecular weight is 401 g/mol. The fraction of sp³-hybridized carbons (Fsp3) is 0.793. The van der Waals surface area contributed by atoms with Crippen molar-refractivity contribution < 1.29 is 0 Å². The maximum Gasteiger partial charge on any atom is -0.0279 e. The molecule has 0 heteroatoms. The molecule has 0 atom stereocenters. The van der Waals surface area contributed by atoms with Crippen LogP contribution in [0.1, 0.15) is 146 Å². The van der Waals surface area contributed by atoms with Crippen molar-refractivity contribution in [3.63, 3.8) is 0 Å². The Bertz CT molecular complexity index is 430. The molecular weight excluding hydrogens is 348 g/mol. The number of hydrogen-bond donors (Lipinski definition) is 0. The van der Waals surface area contributed by atoms with Crippen molar-refractivity contribution in [1.29, 1.82) is 0 Å². The van der Waals surface area contributed by atoms with Gasteiger partial charge in [0.25, 0.3) is 0 Å². The highest BCUT2D eigenvalue weighted by Gasteiger charge is 1.96. The van der Waals surface area contributed by atoms with Gasteiger partial charge in [-0.15, -0.1) is 0 Å². The van der Waals surface area contributed by atoms with Gasteiger partial charge in [-0.2, -0.15) is 0 Å². The topological polar surface area (TPSA) is 0 Å². The van der Waals surface area contributed by atoms with Crippen molar-refractivity contribution in [1.82, 2.24) is 0 Å². The minimum Gasteiger partial charge on any atom is -0.0654 e. The first-order valence-electron chi connectivity index (χ1n) is 13.4. The third-order valence-corrected chi connectivity index (χ3v) is 6.44. The van der Waals surface area contributed by atoms with Crippen LogP contribution in [0.15, 0.2) is 24.3 Å². The van der Waals surface area contributed by atoms with Gasteiger partial charge in [0, 0.05) is 0 Å². The van der Waals surface area contributed by atoms with E-state index in [9.17, 15) is 0 Å². The highest BCUT2D eigenvalue weighted by Crippen LogP contribution is 2.15. The molecule has 0 heterocycles. The van der Waals surface area contributed by atoms with Gasteiger partial charge < -0.3 is 0 Å². The highest BCUT2D eigenvalue weighted by molar-refractivity contribution is 5.21. The minimum absolute atomic E-state index is 1.26. The van der Waals surface area contributed by atoms with Crippen molar-refractivity contribution in [2.45, 2.75) is 149 Å². The smallest absolute Gasteiger partial charge is 0.0279 e. The molecule has 0 saturated carbocycles. The molecule has 0 radical (unpaired) electrons. The molecule has 29 heavy (non-hydrogen) atoms. The normalized spacial score (nSPS) is 11.2. The van der Waals surface area contributed by atoms with E-state index >= 15 is 0 Å². The van der Waals surface area contributed by atoms with Crippen LogP contribution in [0.3, 0.4) is 0 Å². The molecule has 0 bridgehead atoms. The molecule has 0 aliphatic heterocycles. The summed E-state index contributed by atoms with van der Waals surface area (Å²) in [7, 11) is 0. The van der Waals surface area contributed by atoms with E-state index < -0.39 is 0 Å². The molecule has 0 aliphatic carbocycles. The van der Waals surface area contributed by atoms with E-state index in [4.69, 9.17) is 0 Å². The van der Waals surface area contributed by atoms with E-state index in [1.54, 1.807) is 0 Å². The number of hydrogen-bond acceptors (Lipinski definition) is 0. The zero-order valence-electron chi connectivity index (χ0n) is 20.2. The molecule has 0 spiro atoms. The van der Waals surface area contributed by atoms with Crippen molar-refractivity contribution >= 4 is 0 Å². The van der Waals surface area contributed by atoms with E-state index in [1.165, 1.54) is 146 Å². The maximum absolute atomic E-state index is 2.30. The van der Waals surface area contributed by atoms with Crippen LogP contribution < -0.4 is 0 Å². The SMILES string of the molecule is CCCCCCCCCCCCCCCCCCCCCCc1ccc(C)cc1. The van der Waals surface area contributed by atoms with Crippen LogP contribution in [-0.4, -0.2) is 0 Å². The van der Waals surface area contributed by atoms with Gasteiger partial charge >= 0.3 is 0 Å². The van der Waals surface area contributed by atoms with E-state index in [-0.39, 0.29) is 0 Å². The number of benzene rings is 1. The van der Waals surface area contributed by atoms with Gasteiger partial charge in [-0.3, -0.25) is 0 Å². The molecule has 0 saturated heterocycles. The highest BCUT2D eigenvalue weighted by atomic mass is 14.0. The van der Waals surface area contributed by atoms with Crippen LogP contribution in [0.4, 0.5) is 0 Å². The first-order chi connectivity index (χ1) is 14.3. The molecule has 0 amide bonds. The predicted octanol–water partition coefficient (Wildman–Crippen LogP) is 10.4. The Labute approximate surface area is 184 Å². The summed E-state index contributed by atoms with van der Waals surface area (Å²) in [6.07, 6.45) is 30.4. The lowest BCUT2D eigenvalue weighted by molar-refractivity contribution is 0.522. The summed E-state index contributed by atoms with van der Waals surface area (Å²) < 4.78 is 0. The molecule has 0 nitrogen and oxygen atoms in total. The van der Waals surface area contributed by atoms with E-state index in [2.05, 4.69) is 38.1 Å². The first-order valence-corrected chi connectivity index (χ1v) is 13.4. The summed E-state index contributed by atoms with van der Waals surface area (Å²) >= 11 is 0. The van der Waals surface area contributed by atoms with Crippen molar-refractivity contribution in [2.24, 2.45) is 0 Å². The van der Waals surface area contributed by atoms with Gasteiger partial charge in [-0.05, 0) is 25.3 Å². The summed E-state index contributed by atoms with van der Waals surface area (Å²) in [5, 5.41) is 0. The van der Waals surface area contributed by atoms with Crippen molar-refractivity contribution in [3.05, 3.63) is 35.4 Å². The average Bonchev–Trinajstić information content (AvgIpc) is 2.73. The Balaban J connectivity index is 1.69. The zero-order chi connectivity index (χ0) is 20.8. The van der Waals surface area contributed by atoms with Crippen LogP contribution in [0.2, 0.25) is 0 Å². The van der Waals surface area contributed by atoms with Crippen LogP contribution >= 0.6 is 0 Å². The van der Waals surface area contributed by atoms with Crippen LogP contribution in [0.25, 0.3) is 0 Å². The molecule has 0 aliphatic rings. The van der Waals surface area contributed by atoms with Gasteiger partial charge in [0.2, 0.25) is 0 Å². The summed E-state index contributed by atoms with van der Waals surface area (Å²) in [6, 6.07) is 9.08. The second kappa shape index (κ2) is 20.5. The second-order valence-electron chi connectivity index (χ2n) is 9.45. The lowest BCUT2D eigenvalue weighted by Crippen LogP contribution is -1.87. The fourth-order valence-corrected chi connectivity index (χ4v) is 4.34. The van der Waals surface area contributed by atoms with Gasteiger partial charge in [0.05, 0.1) is 0 Å². The number of aryl methyl sites for hydroxylation is 2. The monoisotopic (exact) mass is 400 g/mol. The van der Waals surface area contributed by atoms with Gasteiger partial charge in [-0.1, -0.05) is 159 Å². The van der Waals surface area contributed by atoms with Crippen LogP contribution in [0, 0.1) is 6.92 Å². The Morgan fingerprint density at radius 3 is 1.07 bits per heavy atom. The molecular formula is C29H52. The van der Waals surface area contributed by atoms with Crippen LogP contribution in [-0.2, 0) is 6.42 Å². The Hall–Kier alpha value is -0.780. The third-order valence-electron chi connectivity index (χ3n) is 6.44. The standard InChI is InChI=1S/C29H52/c1-3-4-5-6-7-8-9-10-11-12-13-14-15-16-17-18-19-20-21-22-23-29-26-24-28(2)25-27-29/h24-27H,3-23H2,1-2H3. The molecule has 1 aromatic rings. The fourth-order valence-electron chi connectivity index (χ4n) is 4.34. The van der Waals surface area contributed by atoms with Gasteiger partial charge in [0.1, 0.15) is 0 Å². The summed E-state index contributed by atoms with van der Waals surface area (Å²) in [5.74, 6) is 0. The van der Waals surface area contributed by atoms with Crippen LogP contribution in [0.5, 0.6) is 0 Å². The number of rotatable bonds is 21. The molecule has 0 aromatic heterocycles. The Kier molecular flexibility index (Phi) is 18.6. The van der Waals surface area contributed by atoms with E-state index in [0.29, 0.717) is 0 Å². The summed E-state index contributed by atoms with van der Waals surface area (Å²) in [4.78, 5) is 0. The number of unbranched alkanes of at least 4 members (excludes halogenated alkanes) is 19. The lowest BCUT2D eigenvalue weighted by atomic mass is 10.0. The molecule has 0 fully saturated rings. The quantitative estimate of drug-likeness (QED) is 0.180. The molecule has 1 aromatic carbocycles. The van der Waals surface area contributed by atoms with Crippen molar-refractivity contribution in [3.8, 4) is 0 Å². The third kappa shape index (κ3) is 17.8. The predicted molar refractivity (Wildman–Crippen MR) is 133 cm³/mol. The lowest BCUT2D eigenvalue weighted by Gasteiger charge is -2.04. The molecule has 1 rings (SSSR count). The molecule has 168 valence electrons. The largest absolute Gasteiger partial charge is 0.0654 e. The minimum atomic E-state index is 1.26. The van der Waals surface area contributed by atoms with E-state index in [0.717, 1.165) is 0 Å². The summed E-state index contributed by atoms with van der Waals surface area (Å²) in [6.45, 7) is 4.47. The van der Waals surface area contributed by atoms with Gasteiger partial charge in [0.15, 0.2) is 0 Å². The zero-order valence-corrected chi connectivity index (χ0v) is 20.2. The Morgan fingerprint density at radius 1 is 0.414 bits per heavy atom. The molecule has 0 N–H and O–H groups in total. The van der Waals surface area contributed by atoms with Crippen molar-refractivity contribution in [2.75, 3.05) is 0 Å². The maximum atomic E-state index is 2.30. The Morgan fingerprint density at radius 2 is 0.724 bits per heavy atom. The summed E-state index contributed by atoms with van der Waals surface area (Å²) in [5.41, 5.74) is 2.88. The van der Waals surface area contributed by atoms with E-state index in [1.807, 2.05) is 0 Å². The molecule has 0 unspecified atom stereocenters. The first kappa shape index (κ1) is 26.3. The second-order valence-corrected chi connectivity index (χ2v) is 9.45.